The van der Waals surface area contributed by atoms with E-state index in [0.717, 1.165) is 6.42 Å². The molecule has 1 saturated heterocycles. The summed E-state index contributed by atoms with van der Waals surface area (Å²) in [4.78, 5) is 15.1. The van der Waals surface area contributed by atoms with Gasteiger partial charge in [-0.3, -0.25) is 10.1 Å². The standard InChI is InChI=1S/C16H30N2OS/c1-10(2)9-14-17-15(11(3)4)16(19)18(14)12-7-6-8-13(12)20-5/h10-15,17H,6-9H2,1-5H3. The molecular weight excluding hydrogens is 268 g/mol. The number of nitrogens with zero attached hydrogens (tertiary/aromatic N) is 1. The van der Waals surface area contributed by atoms with E-state index in [-0.39, 0.29) is 12.2 Å². The first-order valence-electron chi connectivity index (χ1n) is 8.06. The summed E-state index contributed by atoms with van der Waals surface area (Å²) in [5, 5.41) is 4.24. The van der Waals surface area contributed by atoms with Crippen molar-refractivity contribution in [3.05, 3.63) is 0 Å². The monoisotopic (exact) mass is 298 g/mol. The number of carbonyl (C=O) groups is 1. The van der Waals surface area contributed by atoms with Crippen molar-refractivity contribution in [2.24, 2.45) is 11.8 Å². The van der Waals surface area contributed by atoms with Gasteiger partial charge in [0.05, 0.1) is 12.2 Å². The molecule has 0 aromatic heterocycles. The molecule has 1 saturated carbocycles. The van der Waals surface area contributed by atoms with Gasteiger partial charge < -0.3 is 4.90 Å². The van der Waals surface area contributed by atoms with Gasteiger partial charge in [-0.15, -0.1) is 0 Å². The van der Waals surface area contributed by atoms with Crippen LogP contribution >= 0.6 is 11.8 Å². The highest BCUT2D eigenvalue weighted by Crippen LogP contribution is 2.36. The number of nitrogens with one attached hydrogen (secondary N) is 1. The Morgan fingerprint density at radius 1 is 1.30 bits per heavy atom. The van der Waals surface area contributed by atoms with E-state index >= 15 is 0 Å². The van der Waals surface area contributed by atoms with E-state index in [0.29, 0.717) is 29.0 Å². The van der Waals surface area contributed by atoms with Gasteiger partial charge in [0.1, 0.15) is 0 Å². The van der Waals surface area contributed by atoms with Crippen molar-refractivity contribution in [2.75, 3.05) is 6.26 Å². The lowest BCUT2D eigenvalue weighted by atomic mass is 10.0. The first-order chi connectivity index (χ1) is 9.45. The Hall–Kier alpha value is -0.220. The Labute approximate surface area is 128 Å². The second-order valence-corrected chi connectivity index (χ2v) is 8.13. The van der Waals surface area contributed by atoms with Crippen molar-refractivity contribution >= 4 is 17.7 Å². The Morgan fingerprint density at radius 3 is 2.55 bits per heavy atom. The quantitative estimate of drug-likeness (QED) is 0.846. The van der Waals surface area contributed by atoms with Gasteiger partial charge in [-0.1, -0.05) is 34.1 Å². The van der Waals surface area contributed by atoms with Crippen molar-refractivity contribution in [3.8, 4) is 0 Å². The lowest BCUT2D eigenvalue weighted by molar-refractivity contribution is -0.132. The van der Waals surface area contributed by atoms with E-state index in [1.165, 1.54) is 19.3 Å². The van der Waals surface area contributed by atoms with Crippen LogP contribution in [0.15, 0.2) is 0 Å². The maximum Gasteiger partial charge on any atom is 0.241 e. The molecule has 0 bridgehead atoms. The molecule has 2 fully saturated rings. The van der Waals surface area contributed by atoms with Gasteiger partial charge in [0.2, 0.25) is 5.91 Å². The van der Waals surface area contributed by atoms with E-state index < -0.39 is 0 Å². The molecule has 4 unspecified atom stereocenters. The fourth-order valence-corrected chi connectivity index (χ4v) is 4.66. The lowest BCUT2D eigenvalue weighted by Gasteiger charge is -2.34. The maximum absolute atomic E-state index is 12.8. The average molecular weight is 298 g/mol. The van der Waals surface area contributed by atoms with E-state index in [1.807, 2.05) is 11.8 Å². The molecule has 1 heterocycles. The first kappa shape index (κ1) is 16.2. The minimum atomic E-state index is 0.0156. The summed E-state index contributed by atoms with van der Waals surface area (Å²) in [5.74, 6) is 1.33. The smallest absolute Gasteiger partial charge is 0.241 e. The van der Waals surface area contributed by atoms with Crippen molar-refractivity contribution in [3.63, 3.8) is 0 Å². The van der Waals surface area contributed by atoms with Crippen LogP contribution in [-0.4, -0.2) is 40.6 Å². The summed E-state index contributed by atoms with van der Waals surface area (Å²) < 4.78 is 0. The van der Waals surface area contributed by atoms with Gasteiger partial charge in [-0.2, -0.15) is 11.8 Å². The molecule has 20 heavy (non-hydrogen) atoms. The first-order valence-corrected chi connectivity index (χ1v) is 9.35. The average Bonchev–Trinajstić information content (AvgIpc) is 2.92. The minimum Gasteiger partial charge on any atom is -0.322 e. The van der Waals surface area contributed by atoms with Crippen molar-refractivity contribution in [1.29, 1.82) is 0 Å². The summed E-state index contributed by atoms with van der Waals surface area (Å²) in [6.45, 7) is 8.78. The Bertz CT molecular complexity index is 345. The molecule has 1 N–H and O–H groups in total. The molecule has 3 nitrogen and oxygen atoms in total. The van der Waals surface area contributed by atoms with E-state index in [4.69, 9.17) is 0 Å². The lowest BCUT2D eigenvalue weighted by Crippen LogP contribution is -2.47. The van der Waals surface area contributed by atoms with Gasteiger partial charge in [0.15, 0.2) is 0 Å². The second kappa shape index (κ2) is 6.69. The van der Waals surface area contributed by atoms with E-state index in [1.54, 1.807) is 0 Å². The second-order valence-electron chi connectivity index (χ2n) is 7.05. The number of hydrogen-bond acceptors (Lipinski definition) is 3. The highest BCUT2D eigenvalue weighted by Gasteiger charge is 2.46. The van der Waals surface area contributed by atoms with Crippen LogP contribution in [0, 0.1) is 11.8 Å². The largest absolute Gasteiger partial charge is 0.322 e. The fraction of sp³-hybridized carbons (Fsp3) is 0.938. The van der Waals surface area contributed by atoms with Crippen LogP contribution in [0.5, 0.6) is 0 Å². The summed E-state index contributed by atoms with van der Waals surface area (Å²) in [7, 11) is 0. The molecule has 1 amide bonds. The van der Waals surface area contributed by atoms with Crippen LogP contribution in [0.2, 0.25) is 0 Å². The summed E-state index contributed by atoms with van der Waals surface area (Å²) in [6.07, 6.45) is 7.20. The molecule has 4 heteroatoms. The normalized spacial score (nSPS) is 34.8. The number of thioether (sulfide) groups is 1. The van der Waals surface area contributed by atoms with Crippen molar-refractivity contribution in [1.82, 2.24) is 10.2 Å². The predicted molar refractivity (Wildman–Crippen MR) is 86.8 cm³/mol. The van der Waals surface area contributed by atoms with Crippen LogP contribution in [0.25, 0.3) is 0 Å². The summed E-state index contributed by atoms with van der Waals surface area (Å²) in [6, 6.07) is 0.458. The van der Waals surface area contributed by atoms with Crippen LogP contribution in [0.1, 0.15) is 53.4 Å². The number of amides is 1. The van der Waals surface area contributed by atoms with Gasteiger partial charge in [-0.25, -0.2) is 0 Å². The fourth-order valence-electron chi connectivity index (χ4n) is 3.67. The van der Waals surface area contributed by atoms with E-state index in [2.05, 4.69) is 44.2 Å². The maximum atomic E-state index is 12.8. The SMILES string of the molecule is CSC1CCCC1N1C(=O)C(C(C)C)NC1CC(C)C. The van der Waals surface area contributed by atoms with Crippen LogP contribution < -0.4 is 5.32 Å². The van der Waals surface area contributed by atoms with Crippen molar-refractivity contribution in [2.45, 2.75) is 76.9 Å². The zero-order valence-corrected chi connectivity index (χ0v) is 14.4. The van der Waals surface area contributed by atoms with Gasteiger partial charge in [0, 0.05) is 11.3 Å². The zero-order chi connectivity index (χ0) is 14.9. The molecular formula is C16H30N2OS. The van der Waals surface area contributed by atoms with Gasteiger partial charge in [-0.05, 0) is 37.4 Å². The third kappa shape index (κ3) is 3.16. The Morgan fingerprint density at radius 2 is 2.00 bits per heavy atom. The number of carbonyl (C=O) groups excluding carboxylic acids is 1. The Balaban J connectivity index is 2.18. The van der Waals surface area contributed by atoms with Crippen molar-refractivity contribution < 1.29 is 4.79 Å². The summed E-state index contributed by atoms with van der Waals surface area (Å²) >= 11 is 1.94. The highest BCUT2D eigenvalue weighted by atomic mass is 32.2. The molecule has 2 aliphatic rings. The topological polar surface area (TPSA) is 32.3 Å². The molecule has 1 aliphatic carbocycles. The molecule has 4 atom stereocenters. The molecule has 0 aromatic carbocycles. The zero-order valence-electron chi connectivity index (χ0n) is 13.6. The Kier molecular flexibility index (Phi) is 5.41. The van der Waals surface area contributed by atoms with Gasteiger partial charge in [0.25, 0.3) is 0 Å². The third-order valence-electron chi connectivity index (χ3n) is 4.67. The molecule has 1 aliphatic heterocycles. The molecule has 0 spiro atoms. The minimum absolute atomic E-state index is 0.0156. The third-order valence-corrected chi connectivity index (χ3v) is 5.82. The number of hydrogen-bond donors (Lipinski definition) is 1. The van der Waals surface area contributed by atoms with Crippen LogP contribution in [0.4, 0.5) is 0 Å². The number of rotatable bonds is 5. The molecule has 0 radical (unpaired) electrons. The van der Waals surface area contributed by atoms with Crippen LogP contribution in [0.3, 0.4) is 0 Å². The summed E-state index contributed by atoms with van der Waals surface area (Å²) in [5.41, 5.74) is 0. The molecule has 116 valence electrons. The van der Waals surface area contributed by atoms with Crippen LogP contribution in [-0.2, 0) is 4.79 Å². The van der Waals surface area contributed by atoms with Gasteiger partial charge >= 0.3 is 0 Å². The molecule has 0 aromatic rings. The molecule has 2 rings (SSSR count). The predicted octanol–water partition coefficient (Wildman–Crippen LogP) is 3.10. The van der Waals surface area contributed by atoms with E-state index in [9.17, 15) is 4.79 Å². The highest BCUT2D eigenvalue weighted by molar-refractivity contribution is 7.99.